The van der Waals surface area contributed by atoms with Gasteiger partial charge in [0.1, 0.15) is 18.4 Å². The Balaban J connectivity index is 1.20. The van der Waals surface area contributed by atoms with Gasteiger partial charge < -0.3 is 14.8 Å². The maximum Gasteiger partial charge on any atom is 0.255 e. The fraction of sp³-hybridized carbons (Fsp3) is 0.478. The van der Waals surface area contributed by atoms with Gasteiger partial charge >= 0.3 is 0 Å². The zero-order chi connectivity index (χ0) is 21.2. The third-order valence-electron chi connectivity index (χ3n) is 6.44. The van der Waals surface area contributed by atoms with Crippen LogP contribution in [0.15, 0.2) is 42.4 Å². The number of nitriles is 1. The van der Waals surface area contributed by atoms with Crippen molar-refractivity contribution in [1.29, 1.82) is 5.26 Å². The molecule has 3 atom stereocenters. The summed E-state index contributed by atoms with van der Waals surface area (Å²) in [6.45, 7) is 0.450. The number of carbonyl (C=O) groups is 1. The van der Waals surface area contributed by atoms with Crippen LogP contribution >= 0.6 is 0 Å². The van der Waals surface area contributed by atoms with Crippen LogP contribution in [0.5, 0.6) is 0 Å². The van der Waals surface area contributed by atoms with E-state index in [2.05, 4.69) is 15.6 Å². The van der Waals surface area contributed by atoms with Gasteiger partial charge in [0.2, 0.25) is 0 Å². The Labute approximate surface area is 180 Å². The lowest BCUT2D eigenvalue weighted by Gasteiger charge is -2.20. The van der Waals surface area contributed by atoms with Gasteiger partial charge in [-0.3, -0.25) is 4.79 Å². The van der Waals surface area contributed by atoms with Gasteiger partial charge in [-0.2, -0.15) is 5.26 Å². The maximum atomic E-state index is 12.6. The maximum absolute atomic E-state index is 12.6. The normalized spacial score (nSPS) is 25.4. The van der Waals surface area contributed by atoms with Crippen molar-refractivity contribution in [2.24, 2.45) is 5.92 Å². The first-order valence-corrected chi connectivity index (χ1v) is 10.9. The molecule has 2 fully saturated rings. The molecular weight excluding hydrogens is 394 g/mol. The van der Waals surface area contributed by atoms with Gasteiger partial charge in [-0.25, -0.2) is 4.68 Å². The number of rotatable bonds is 5. The Morgan fingerprint density at radius 2 is 2.03 bits per heavy atom. The van der Waals surface area contributed by atoms with E-state index < -0.39 is 0 Å². The van der Waals surface area contributed by atoms with Gasteiger partial charge in [-0.05, 0) is 36.6 Å². The molecule has 1 aromatic heterocycles. The van der Waals surface area contributed by atoms with Crippen LogP contribution in [0.2, 0.25) is 0 Å². The van der Waals surface area contributed by atoms with E-state index in [1.807, 2.05) is 16.9 Å². The summed E-state index contributed by atoms with van der Waals surface area (Å²) in [4.78, 5) is 12.6. The lowest BCUT2D eigenvalue weighted by atomic mass is 9.86. The van der Waals surface area contributed by atoms with Crippen molar-refractivity contribution in [2.75, 3.05) is 6.61 Å². The van der Waals surface area contributed by atoms with Crippen LogP contribution in [0.1, 0.15) is 59.8 Å². The predicted octanol–water partition coefficient (Wildman–Crippen LogP) is 2.88. The summed E-state index contributed by atoms with van der Waals surface area (Å²) in [5.74, 6) is 0.447. The van der Waals surface area contributed by atoms with Crippen LogP contribution in [0, 0.1) is 17.2 Å². The third-order valence-corrected chi connectivity index (χ3v) is 6.44. The second kappa shape index (κ2) is 8.52. The van der Waals surface area contributed by atoms with E-state index in [-0.39, 0.29) is 24.2 Å². The van der Waals surface area contributed by atoms with E-state index >= 15 is 0 Å². The first kappa shape index (κ1) is 19.8. The minimum absolute atomic E-state index is 0.0850. The number of carbonyl (C=O) groups excluding carboxylic acids is 1. The Morgan fingerprint density at radius 3 is 2.81 bits per heavy atom. The second-order valence-electron chi connectivity index (χ2n) is 8.54. The van der Waals surface area contributed by atoms with Gasteiger partial charge in [0.25, 0.3) is 5.91 Å². The number of amides is 1. The molecule has 2 aromatic rings. The highest BCUT2D eigenvalue weighted by molar-refractivity contribution is 5.95. The van der Waals surface area contributed by atoms with E-state index in [1.165, 1.54) is 32.1 Å². The SMILES string of the molecule is N#Cc1ccc(C(=O)NC2=COC3C2OCC3n2cc(CC3CCCCC3)nn2)cc1. The number of hydrogen-bond acceptors (Lipinski definition) is 6. The van der Waals surface area contributed by atoms with Crippen molar-refractivity contribution in [3.8, 4) is 6.07 Å². The molecule has 1 N–H and O–H groups in total. The molecule has 1 aromatic carbocycles. The lowest BCUT2D eigenvalue weighted by Crippen LogP contribution is -2.33. The number of nitrogens with zero attached hydrogens (tertiary/aromatic N) is 4. The molecule has 1 saturated carbocycles. The molecule has 1 saturated heterocycles. The Morgan fingerprint density at radius 1 is 1.23 bits per heavy atom. The summed E-state index contributed by atoms with van der Waals surface area (Å²) in [7, 11) is 0. The van der Waals surface area contributed by atoms with Crippen molar-refractivity contribution in [3.05, 3.63) is 59.2 Å². The number of benzene rings is 1. The minimum atomic E-state index is -0.349. The van der Waals surface area contributed by atoms with Crippen LogP contribution in [-0.4, -0.2) is 39.7 Å². The van der Waals surface area contributed by atoms with E-state index in [0.717, 1.165) is 12.1 Å². The molecule has 31 heavy (non-hydrogen) atoms. The lowest BCUT2D eigenvalue weighted by molar-refractivity contribution is 0.0764. The Hall–Kier alpha value is -3.18. The first-order valence-electron chi connectivity index (χ1n) is 10.9. The average Bonchev–Trinajstić information content (AvgIpc) is 3.52. The monoisotopic (exact) mass is 419 g/mol. The molecule has 3 aliphatic rings. The van der Waals surface area contributed by atoms with Crippen LogP contribution in [-0.2, 0) is 15.9 Å². The zero-order valence-corrected chi connectivity index (χ0v) is 17.2. The molecule has 3 heterocycles. The smallest absolute Gasteiger partial charge is 0.255 e. The summed E-state index contributed by atoms with van der Waals surface area (Å²) in [6.07, 6.45) is 10.5. The van der Waals surface area contributed by atoms with Crippen molar-refractivity contribution in [2.45, 2.75) is 56.8 Å². The van der Waals surface area contributed by atoms with E-state index in [0.29, 0.717) is 29.3 Å². The summed E-state index contributed by atoms with van der Waals surface area (Å²) >= 11 is 0. The quantitative estimate of drug-likeness (QED) is 0.800. The molecule has 0 bridgehead atoms. The molecule has 160 valence electrons. The number of nitrogens with one attached hydrogen (secondary N) is 1. The van der Waals surface area contributed by atoms with Crippen LogP contribution in [0.25, 0.3) is 0 Å². The fourth-order valence-corrected chi connectivity index (χ4v) is 4.72. The second-order valence-corrected chi connectivity index (χ2v) is 8.54. The molecule has 8 nitrogen and oxygen atoms in total. The summed E-state index contributed by atoms with van der Waals surface area (Å²) in [6, 6.07) is 8.46. The number of ether oxygens (including phenoxy) is 2. The molecule has 8 heteroatoms. The van der Waals surface area contributed by atoms with Crippen molar-refractivity contribution in [3.63, 3.8) is 0 Å². The highest BCUT2D eigenvalue weighted by atomic mass is 16.6. The minimum Gasteiger partial charge on any atom is -0.491 e. The molecule has 5 rings (SSSR count). The van der Waals surface area contributed by atoms with E-state index in [1.54, 1.807) is 30.5 Å². The molecular formula is C23H25N5O3. The van der Waals surface area contributed by atoms with Crippen LogP contribution < -0.4 is 5.32 Å². The van der Waals surface area contributed by atoms with Crippen molar-refractivity contribution in [1.82, 2.24) is 20.3 Å². The fourth-order valence-electron chi connectivity index (χ4n) is 4.72. The third kappa shape index (κ3) is 4.06. The van der Waals surface area contributed by atoms with Gasteiger partial charge in [0, 0.05) is 11.8 Å². The Bertz CT molecular complexity index is 1020. The predicted molar refractivity (Wildman–Crippen MR) is 111 cm³/mol. The van der Waals surface area contributed by atoms with Gasteiger partial charge in [0.05, 0.1) is 29.6 Å². The number of fused-ring (bicyclic) bond motifs is 1. The first-order chi connectivity index (χ1) is 15.2. The Kier molecular flexibility index (Phi) is 5.43. The van der Waals surface area contributed by atoms with Crippen molar-refractivity contribution >= 4 is 5.91 Å². The van der Waals surface area contributed by atoms with Crippen LogP contribution in [0.3, 0.4) is 0 Å². The largest absolute Gasteiger partial charge is 0.491 e. The highest BCUT2D eigenvalue weighted by Gasteiger charge is 2.46. The van der Waals surface area contributed by atoms with E-state index in [9.17, 15) is 4.79 Å². The molecule has 2 aliphatic heterocycles. The summed E-state index contributed by atoms with van der Waals surface area (Å²) in [5, 5.41) is 20.5. The van der Waals surface area contributed by atoms with Gasteiger partial charge in [-0.15, -0.1) is 5.10 Å². The molecule has 1 amide bonds. The summed E-state index contributed by atoms with van der Waals surface area (Å²) in [5.41, 5.74) is 2.61. The highest BCUT2D eigenvalue weighted by Crippen LogP contribution is 2.35. The van der Waals surface area contributed by atoms with Gasteiger partial charge in [-0.1, -0.05) is 37.3 Å². The number of aromatic nitrogens is 3. The molecule has 1 aliphatic carbocycles. The standard InChI is InChI=1S/C23H25N5O3/c24-11-16-6-8-17(9-7-16)23(29)25-19-13-30-22-20(14-31-21(19)22)28-12-18(26-27-28)10-15-4-2-1-3-5-15/h6-9,12-13,15,20-22H,1-5,10,14H2,(H,25,29). The van der Waals surface area contributed by atoms with Gasteiger partial charge in [0.15, 0.2) is 6.10 Å². The zero-order valence-electron chi connectivity index (χ0n) is 17.2. The van der Waals surface area contributed by atoms with Crippen molar-refractivity contribution < 1.29 is 14.3 Å². The molecule has 0 radical (unpaired) electrons. The topological polar surface area (TPSA) is 102 Å². The molecule has 3 unspecified atom stereocenters. The molecule has 0 spiro atoms. The number of hydrogen-bond donors (Lipinski definition) is 1. The van der Waals surface area contributed by atoms with E-state index in [4.69, 9.17) is 14.7 Å². The summed E-state index contributed by atoms with van der Waals surface area (Å²) < 4.78 is 13.7. The van der Waals surface area contributed by atoms with Crippen LogP contribution in [0.4, 0.5) is 0 Å². The average molecular weight is 419 g/mol.